The molecule has 8 heteroatoms. The second-order valence-corrected chi connectivity index (χ2v) is 5.70. The Bertz CT molecular complexity index is 991. The average molecular weight is 385 g/mol. The van der Waals surface area contributed by atoms with Crippen LogP contribution in [0, 0.1) is 11.6 Å². The molecule has 3 rings (SSSR count). The van der Waals surface area contributed by atoms with Crippen LogP contribution in [0.3, 0.4) is 0 Å². The van der Waals surface area contributed by atoms with Crippen LogP contribution in [-0.2, 0) is 0 Å². The second kappa shape index (κ2) is 8.34. The van der Waals surface area contributed by atoms with Crippen LogP contribution < -0.4 is 20.1 Å². The summed E-state index contributed by atoms with van der Waals surface area (Å²) >= 11 is 0. The van der Waals surface area contributed by atoms with Crippen molar-refractivity contribution in [2.24, 2.45) is 0 Å². The minimum atomic E-state index is -0.862. The van der Waals surface area contributed by atoms with Crippen LogP contribution in [0.15, 0.2) is 54.9 Å². The predicted octanol–water partition coefficient (Wildman–Crippen LogP) is 4.37. The third-order valence-corrected chi connectivity index (χ3v) is 3.89. The van der Waals surface area contributed by atoms with E-state index in [1.165, 1.54) is 31.6 Å². The summed E-state index contributed by atoms with van der Waals surface area (Å²) in [5, 5.41) is 5.31. The Kier molecular flexibility index (Phi) is 5.69. The molecule has 0 atom stereocenters. The minimum Gasteiger partial charge on any atom is -0.497 e. The van der Waals surface area contributed by atoms with Crippen LogP contribution in [0.4, 0.5) is 25.8 Å². The highest BCUT2D eigenvalue weighted by Gasteiger charge is 2.14. The zero-order chi connectivity index (χ0) is 20.1. The first-order valence-electron chi connectivity index (χ1n) is 8.21. The summed E-state index contributed by atoms with van der Waals surface area (Å²) in [4.78, 5) is 16.4. The Morgan fingerprint density at radius 1 is 1.00 bits per heavy atom. The van der Waals surface area contributed by atoms with Gasteiger partial charge in [0.05, 0.1) is 37.4 Å². The third kappa shape index (κ3) is 4.17. The van der Waals surface area contributed by atoms with Crippen molar-refractivity contribution in [1.29, 1.82) is 0 Å². The highest BCUT2D eigenvalue weighted by Crippen LogP contribution is 2.31. The fourth-order valence-corrected chi connectivity index (χ4v) is 2.49. The number of pyridine rings is 1. The maximum Gasteiger partial charge on any atom is 0.257 e. The lowest BCUT2D eigenvalue weighted by Gasteiger charge is -2.13. The van der Waals surface area contributed by atoms with Gasteiger partial charge in [-0.1, -0.05) is 6.07 Å². The minimum absolute atomic E-state index is 0.125. The van der Waals surface area contributed by atoms with Crippen molar-refractivity contribution in [3.8, 4) is 11.5 Å². The molecule has 1 aromatic heterocycles. The number of carbonyl (C=O) groups excluding carboxylic acids is 1. The fourth-order valence-electron chi connectivity index (χ4n) is 2.49. The van der Waals surface area contributed by atoms with Gasteiger partial charge in [0.2, 0.25) is 0 Å². The van der Waals surface area contributed by atoms with Crippen molar-refractivity contribution in [1.82, 2.24) is 4.98 Å². The zero-order valence-corrected chi connectivity index (χ0v) is 15.1. The number of nitrogens with one attached hydrogen (secondary N) is 2. The van der Waals surface area contributed by atoms with Crippen molar-refractivity contribution in [3.63, 3.8) is 0 Å². The lowest BCUT2D eigenvalue weighted by atomic mass is 10.2. The summed E-state index contributed by atoms with van der Waals surface area (Å²) in [5.41, 5.74) is 0.732. The number of ether oxygens (including phenoxy) is 2. The van der Waals surface area contributed by atoms with Crippen molar-refractivity contribution < 1.29 is 23.0 Å². The normalized spacial score (nSPS) is 10.3. The van der Waals surface area contributed by atoms with Gasteiger partial charge in [-0.05, 0) is 30.3 Å². The highest BCUT2D eigenvalue weighted by atomic mass is 19.1. The summed E-state index contributed by atoms with van der Waals surface area (Å²) in [6.07, 6.45) is 2.80. The summed E-state index contributed by atoms with van der Waals surface area (Å²) < 4.78 is 37.9. The molecule has 2 aromatic carbocycles. The van der Waals surface area contributed by atoms with Crippen LogP contribution in [-0.4, -0.2) is 25.1 Å². The van der Waals surface area contributed by atoms with Gasteiger partial charge in [0, 0.05) is 12.3 Å². The molecule has 0 bridgehead atoms. The molecule has 6 nitrogen and oxygen atoms in total. The number of amides is 1. The van der Waals surface area contributed by atoms with Gasteiger partial charge in [-0.15, -0.1) is 0 Å². The van der Waals surface area contributed by atoms with Crippen molar-refractivity contribution in [2.45, 2.75) is 0 Å². The Labute approximate surface area is 160 Å². The Balaban J connectivity index is 1.82. The van der Waals surface area contributed by atoms with Crippen molar-refractivity contribution in [3.05, 3.63) is 72.1 Å². The van der Waals surface area contributed by atoms with Gasteiger partial charge in [-0.25, -0.2) is 8.78 Å². The molecule has 144 valence electrons. The Hall–Kier alpha value is -3.68. The van der Waals surface area contributed by atoms with Crippen LogP contribution in [0.5, 0.6) is 11.5 Å². The van der Waals surface area contributed by atoms with Gasteiger partial charge in [0.1, 0.15) is 28.8 Å². The number of nitrogens with zero attached hydrogens (tertiary/aromatic N) is 1. The van der Waals surface area contributed by atoms with E-state index in [-0.39, 0.29) is 5.56 Å². The number of carbonyl (C=O) groups is 1. The molecule has 0 aliphatic carbocycles. The quantitative estimate of drug-likeness (QED) is 0.659. The van der Waals surface area contributed by atoms with E-state index in [1.807, 2.05) is 0 Å². The summed E-state index contributed by atoms with van der Waals surface area (Å²) in [6, 6.07) is 10.0. The molecule has 0 fully saturated rings. The van der Waals surface area contributed by atoms with E-state index in [0.29, 0.717) is 22.9 Å². The molecule has 2 N–H and O–H groups in total. The van der Waals surface area contributed by atoms with Gasteiger partial charge < -0.3 is 20.1 Å². The van der Waals surface area contributed by atoms with E-state index in [0.717, 1.165) is 12.1 Å². The molecule has 0 unspecified atom stereocenters. The summed E-state index contributed by atoms with van der Waals surface area (Å²) in [7, 11) is 3.07. The number of rotatable bonds is 6. The molecule has 0 aliphatic rings. The first-order valence-corrected chi connectivity index (χ1v) is 8.21. The van der Waals surface area contributed by atoms with Gasteiger partial charge in [-0.2, -0.15) is 0 Å². The smallest absolute Gasteiger partial charge is 0.257 e. The molecular weight excluding hydrogens is 368 g/mol. The van der Waals surface area contributed by atoms with E-state index in [1.54, 1.807) is 25.3 Å². The molecule has 0 aliphatic heterocycles. The van der Waals surface area contributed by atoms with Crippen LogP contribution in [0.1, 0.15) is 10.4 Å². The Morgan fingerprint density at radius 2 is 1.75 bits per heavy atom. The number of aromatic nitrogens is 1. The molecule has 1 heterocycles. The topological polar surface area (TPSA) is 72.5 Å². The number of anilines is 3. The molecule has 0 radical (unpaired) electrons. The van der Waals surface area contributed by atoms with Gasteiger partial charge in [-0.3, -0.25) is 9.78 Å². The number of halogens is 2. The first-order chi connectivity index (χ1) is 13.5. The zero-order valence-electron chi connectivity index (χ0n) is 15.1. The summed E-state index contributed by atoms with van der Waals surface area (Å²) in [5.74, 6) is -1.26. The van der Waals surface area contributed by atoms with E-state index in [2.05, 4.69) is 15.6 Å². The standard InChI is InChI=1S/C20H17F2N3O3/c1-27-14-6-7-17(18(9-14)28-2)24-13-8-12(10-23-11-13)20(26)25-19-15(21)4-3-5-16(19)22/h3-11,24H,1-2H3,(H,25,26). The predicted molar refractivity (Wildman–Crippen MR) is 101 cm³/mol. The van der Waals surface area contributed by atoms with E-state index < -0.39 is 23.2 Å². The maximum absolute atomic E-state index is 13.7. The molecular formula is C20H17F2N3O3. The SMILES string of the molecule is COc1ccc(Nc2cncc(C(=O)Nc3c(F)cccc3F)c2)c(OC)c1. The monoisotopic (exact) mass is 385 g/mol. The lowest BCUT2D eigenvalue weighted by molar-refractivity contribution is 0.102. The number of hydrogen-bond donors (Lipinski definition) is 2. The lowest BCUT2D eigenvalue weighted by Crippen LogP contribution is -2.14. The number of para-hydroxylation sites is 1. The molecule has 3 aromatic rings. The maximum atomic E-state index is 13.7. The first kappa shape index (κ1) is 19.1. The van der Waals surface area contributed by atoms with Gasteiger partial charge in [0.15, 0.2) is 0 Å². The van der Waals surface area contributed by atoms with E-state index >= 15 is 0 Å². The number of methoxy groups -OCH3 is 2. The summed E-state index contributed by atoms with van der Waals surface area (Å²) in [6.45, 7) is 0. The third-order valence-electron chi connectivity index (χ3n) is 3.89. The Morgan fingerprint density at radius 3 is 2.43 bits per heavy atom. The van der Waals surface area contributed by atoms with Crippen molar-refractivity contribution >= 4 is 23.0 Å². The van der Waals surface area contributed by atoms with Gasteiger partial charge in [0.25, 0.3) is 5.91 Å². The molecule has 0 saturated carbocycles. The van der Waals surface area contributed by atoms with Crippen LogP contribution in [0.2, 0.25) is 0 Å². The molecule has 28 heavy (non-hydrogen) atoms. The molecule has 0 spiro atoms. The van der Waals surface area contributed by atoms with Gasteiger partial charge >= 0.3 is 0 Å². The average Bonchev–Trinajstić information content (AvgIpc) is 2.71. The van der Waals surface area contributed by atoms with E-state index in [4.69, 9.17) is 9.47 Å². The van der Waals surface area contributed by atoms with Crippen molar-refractivity contribution in [2.75, 3.05) is 24.9 Å². The fraction of sp³-hybridized carbons (Fsp3) is 0.100. The second-order valence-electron chi connectivity index (χ2n) is 5.70. The molecule has 0 saturated heterocycles. The number of benzene rings is 2. The largest absolute Gasteiger partial charge is 0.497 e. The van der Waals surface area contributed by atoms with Crippen LogP contribution in [0.25, 0.3) is 0 Å². The highest BCUT2D eigenvalue weighted by molar-refractivity contribution is 6.04. The van der Waals surface area contributed by atoms with Crippen LogP contribution >= 0.6 is 0 Å². The van der Waals surface area contributed by atoms with E-state index in [9.17, 15) is 13.6 Å². The number of hydrogen-bond acceptors (Lipinski definition) is 5. The molecule has 1 amide bonds.